The zero-order valence-electron chi connectivity index (χ0n) is 8.68. The van der Waals surface area contributed by atoms with Crippen molar-refractivity contribution in [2.45, 2.75) is 13.0 Å². The van der Waals surface area contributed by atoms with Crippen LogP contribution in [0, 0.1) is 0 Å². The minimum Gasteiger partial charge on any atom is -0.467 e. The molecule has 0 aromatic carbocycles. The standard InChI is InChI=1S/C12H14N2O/c1-2-14-12(11-4-3-9-15-11)10-5-7-13-8-6-10/h3-9,12,14H,2H2,1H3. The summed E-state index contributed by atoms with van der Waals surface area (Å²) in [6.07, 6.45) is 5.28. The van der Waals surface area contributed by atoms with Gasteiger partial charge in [-0.2, -0.15) is 0 Å². The highest BCUT2D eigenvalue weighted by atomic mass is 16.3. The molecule has 15 heavy (non-hydrogen) atoms. The molecule has 0 fully saturated rings. The van der Waals surface area contributed by atoms with E-state index in [9.17, 15) is 0 Å². The lowest BCUT2D eigenvalue weighted by atomic mass is 10.1. The largest absolute Gasteiger partial charge is 0.467 e. The van der Waals surface area contributed by atoms with Gasteiger partial charge in [0.2, 0.25) is 0 Å². The van der Waals surface area contributed by atoms with Gasteiger partial charge in [0.15, 0.2) is 0 Å². The number of aromatic nitrogens is 1. The second-order valence-corrected chi connectivity index (χ2v) is 3.29. The summed E-state index contributed by atoms with van der Waals surface area (Å²) in [5.74, 6) is 0.933. The van der Waals surface area contributed by atoms with Crippen LogP contribution in [0.25, 0.3) is 0 Å². The predicted molar refractivity (Wildman–Crippen MR) is 58.5 cm³/mol. The van der Waals surface area contributed by atoms with Gasteiger partial charge in [-0.3, -0.25) is 4.98 Å². The first-order valence-corrected chi connectivity index (χ1v) is 5.08. The second kappa shape index (κ2) is 4.75. The Morgan fingerprint density at radius 1 is 1.33 bits per heavy atom. The minimum absolute atomic E-state index is 0.119. The van der Waals surface area contributed by atoms with Crippen molar-refractivity contribution in [3.8, 4) is 0 Å². The van der Waals surface area contributed by atoms with Gasteiger partial charge in [0.05, 0.1) is 12.3 Å². The normalized spacial score (nSPS) is 12.6. The molecular weight excluding hydrogens is 188 g/mol. The van der Waals surface area contributed by atoms with Gasteiger partial charge in [0, 0.05) is 12.4 Å². The van der Waals surface area contributed by atoms with Gasteiger partial charge in [0.1, 0.15) is 5.76 Å². The van der Waals surface area contributed by atoms with Crippen LogP contribution < -0.4 is 5.32 Å². The highest BCUT2D eigenvalue weighted by molar-refractivity contribution is 5.24. The van der Waals surface area contributed by atoms with Crippen molar-refractivity contribution in [3.63, 3.8) is 0 Å². The van der Waals surface area contributed by atoms with E-state index in [1.54, 1.807) is 18.7 Å². The fourth-order valence-electron chi connectivity index (χ4n) is 1.60. The molecule has 1 N–H and O–H groups in total. The summed E-state index contributed by atoms with van der Waals surface area (Å²) in [7, 11) is 0. The number of pyridine rings is 1. The van der Waals surface area contributed by atoms with Crippen LogP contribution in [-0.4, -0.2) is 11.5 Å². The number of hydrogen-bond donors (Lipinski definition) is 1. The van der Waals surface area contributed by atoms with E-state index in [0.717, 1.165) is 12.3 Å². The second-order valence-electron chi connectivity index (χ2n) is 3.29. The van der Waals surface area contributed by atoms with Gasteiger partial charge in [0.25, 0.3) is 0 Å². The topological polar surface area (TPSA) is 38.1 Å². The zero-order valence-corrected chi connectivity index (χ0v) is 8.68. The molecule has 0 radical (unpaired) electrons. The number of nitrogens with zero attached hydrogens (tertiary/aromatic N) is 1. The average molecular weight is 202 g/mol. The molecule has 2 aromatic heterocycles. The molecule has 3 heteroatoms. The summed E-state index contributed by atoms with van der Waals surface area (Å²) < 4.78 is 5.42. The molecule has 0 aliphatic rings. The SMILES string of the molecule is CCNC(c1ccncc1)c1ccco1. The van der Waals surface area contributed by atoms with E-state index in [1.807, 2.05) is 24.3 Å². The van der Waals surface area contributed by atoms with Crippen LogP contribution in [0.1, 0.15) is 24.3 Å². The van der Waals surface area contributed by atoms with Crippen LogP contribution in [0.5, 0.6) is 0 Å². The average Bonchev–Trinajstić information content (AvgIpc) is 2.80. The van der Waals surface area contributed by atoms with Gasteiger partial charge >= 0.3 is 0 Å². The Balaban J connectivity index is 2.28. The first-order chi connectivity index (χ1) is 7.42. The van der Waals surface area contributed by atoms with E-state index in [-0.39, 0.29) is 6.04 Å². The van der Waals surface area contributed by atoms with Crippen LogP contribution in [-0.2, 0) is 0 Å². The lowest BCUT2D eigenvalue weighted by Gasteiger charge is -2.15. The highest BCUT2D eigenvalue weighted by Crippen LogP contribution is 2.21. The lowest BCUT2D eigenvalue weighted by Crippen LogP contribution is -2.21. The van der Waals surface area contributed by atoms with Crippen LogP contribution in [0.4, 0.5) is 0 Å². The third kappa shape index (κ3) is 2.25. The van der Waals surface area contributed by atoms with E-state index in [2.05, 4.69) is 17.2 Å². The lowest BCUT2D eigenvalue weighted by molar-refractivity contribution is 0.452. The van der Waals surface area contributed by atoms with Gasteiger partial charge in [-0.25, -0.2) is 0 Å². The van der Waals surface area contributed by atoms with Crippen LogP contribution in [0.15, 0.2) is 47.3 Å². The van der Waals surface area contributed by atoms with Gasteiger partial charge < -0.3 is 9.73 Å². The Morgan fingerprint density at radius 2 is 2.13 bits per heavy atom. The summed E-state index contributed by atoms with van der Waals surface area (Å²) in [6, 6.07) is 7.99. The van der Waals surface area contributed by atoms with Crippen molar-refractivity contribution in [3.05, 3.63) is 54.2 Å². The maximum atomic E-state index is 5.42. The van der Waals surface area contributed by atoms with Crippen molar-refractivity contribution in [1.82, 2.24) is 10.3 Å². The maximum absolute atomic E-state index is 5.42. The molecule has 2 rings (SSSR count). The Morgan fingerprint density at radius 3 is 2.73 bits per heavy atom. The molecule has 0 saturated carbocycles. The van der Waals surface area contributed by atoms with Crippen molar-refractivity contribution in [2.24, 2.45) is 0 Å². The molecule has 2 aromatic rings. The van der Waals surface area contributed by atoms with Crippen molar-refractivity contribution < 1.29 is 4.42 Å². The minimum atomic E-state index is 0.119. The summed E-state index contributed by atoms with van der Waals surface area (Å²) >= 11 is 0. The number of rotatable bonds is 4. The summed E-state index contributed by atoms with van der Waals surface area (Å²) in [5, 5.41) is 3.38. The van der Waals surface area contributed by atoms with Crippen LogP contribution in [0.2, 0.25) is 0 Å². The Hall–Kier alpha value is -1.61. The first kappa shape index (κ1) is 9.93. The summed E-state index contributed by atoms with van der Waals surface area (Å²) in [4.78, 5) is 4.01. The Labute approximate surface area is 89.1 Å². The van der Waals surface area contributed by atoms with Crippen molar-refractivity contribution >= 4 is 0 Å². The molecule has 0 saturated heterocycles. The fraction of sp³-hybridized carbons (Fsp3) is 0.250. The highest BCUT2D eigenvalue weighted by Gasteiger charge is 2.14. The molecule has 1 atom stereocenters. The molecule has 1 unspecified atom stereocenters. The van der Waals surface area contributed by atoms with Crippen LogP contribution in [0.3, 0.4) is 0 Å². The molecule has 2 heterocycles. The van der Waals surface area contributed by atoms with Crippen molar-refractivity contribution in [2.75, 3.05) is 6.54 Å². The monoisotopic (exact) mass is 202 g/mol. The third-order valence-electron chi connectivity index (χ3n) is 2.28. The smallest absolute Gasteiger partial charge is 0.125 e. The Bertz CT molecular complexity index is 383. The molecule has 0 aliphatic heterocycles. The number of furan rings is 1. The predicted octanol–water partition coefficient (Wildman–Crippen LogP) is 2.37. The third-order valence-corrected chi connectivity index (χ3v) is 2.28. The van der Waals surface area contributed by atoms with E-state index >= 15 is 0 Å². The van der Waals surface area contributed by atoms with Crippen molar-refractivity contribution in [1.29, 1.82) is 0 Å². The van der Waals surface area contributed by atoms with Gasteiger partial charge in [-0.1, -0.05) is 6.92 Å². The summed E-state index contributed by atoms with van der Waals surface area (Å²) in [6.45, 7) is 2.98. The molecule has 3 nitrogen and oxygen atoms in total. The van der Waals surface area contributed by atoms with E-state index < -0.39 is 0 Å². The Kier molecular flexibility index (Phi) is 3.15. The fourth-order valence-corrected chi connectivity index (χ4v) is 1.60. The number of hydrogen-bond acceptors (Lipinski definition) is 3. The molecular formula is C12H14N2O. The van der Waals surface area contributed by atoms with Gasteiger partial charge in [-0.15, -0.1) is 0 Å². The first-order valence-electron chi connectivity index (χ1n) is 5.08. The van der Waals surface area contributed by atoms with E-state index in [1.165, 1.54) is 5.56 Å². The van der Waals surface area contributed by atoms with Gasteiger partial charge in [-0.05, 0) is 36.4 Å². The van der Waals surface area contributed by atoms with E-state index in [0.29, 0.717) is 0 Å². The molecule has 0 spiro atoms. The van der Waals surface area contributed by atoms with E-state index in [4.69, 9.17) is 4.42 Å². The quantitative estimate of drug-likeness (QED) is 0.827. The molecule has 0 bridgehead atoms. The molecule has 0 aliphatic carbocycles. The number of nitrogens with one attached hydrogen (secondary N) is 1. The summed E-state index contributed by atoms with van der Waals surface area (Å²) in [5.41, 5.74) is 1.17. The maximum Gasteiger partial charge on any atom is 0.125 e. The molecule has 78 valence electrons. The molecule has 0 amide bonds. The zero-order chi connectivity index (χ0) is 10.5. The van der Waals surface area contributed by atoms with Crippen LogP contribution >= 0.6 is 0 Å².